The maximum atomic E-state index is 11.3. The van der Waals surface area contributed by atoms with Gasteiger partial charge in [-0.2, -0.15) is 0 Å². The Morgan fingerprint density at radius 3 is 2.50 bits per heavy atom. The Morgan fingerprint density at radius 2 is 1.78 bits per heavy atom. The summed E-state index contributed by atoms with van der Waals surface area (Å²) in [5, 5.41) is 0. The van der Waals surface area contributed by atoms with Gasteiger partial charge in [0.05, 0.1) is 0 Å². The molecule has 1 heterocycles. The van der Waals surface area contributed by atoms with E-state index in [1.54, 1.807) is 6.92 Å². The van der Waals surface area contributed by atoms with Crippen molar-refractivity contribution in [3.8, 4) is 0 Å². The molecule has 3 rings (SSSR count). The molecule has 0 amide bonds. The van der Waals surface area contributed by atoms with E-state index in [1.165, 1.54) is 58.0 Å². The summed E-state index contributed by atoms with van der Waals surface area (Å²) < 4.78 is 5.63. The number of fused-ring (bicyclic) bond motifs is 2. The Bertz CT molecular complexity index is 312. The number of esters is 1. The van der Waals surface area contributed by atoms with Crippen LogP contribution in [-0.4, -0.2) is 36.1 Å². The van der Waals surface area contributed by atoms with Crippen LogP contribution in [-0.2, 0) is 9.53 Å². The van der Waals surface area contributed by atoms with Crippen LogP contribution in [0.25, 0.3) is 0 Å². The Balaban J connectivity index is 1.70. The Kier molecular flexibility index (Phi) is 3.60. The van der Waals surface area contributed by atoms with Crippen LogP contribution in [0, 0.1) is 11.8 Å². The summed E-state index contributed by atoms with van der Waals surface area (Å²) in [6.07, 6.45) is 9.45. The molecule has 1 saturated heterocycles. The minimum atomic E-state index is -0.0869. The number of hydrogen-bond acceptors (Lipinski definition) is 3. The number of rotatable bonds is 2. The SMILES string of the molecule is CC(=O)O[C@H]1[C@@H]2CC[C@@H]1[C@H](N1CCCCC1)CC2. The molecule has 1 aliphatic heterocycles. The average molecular weight is 251 g/mol. The van der Waals surface area contributed by atoms with Gasteiger partial charge in [-0.05, 0) is 57.5 Å². The highest BCUT2D eigenvalue weighted by atomic mass is 16.5. The standard InChI is InChI=1S/C15H25NO2/c1-11(17)18-15-12-5-7-13(15)14(8-6-12)16-9-3-2-4-10-16/h12-15H,2-10H2,1H3/t12-,13-,14-,15+/m1/s1. The molecule has 2 aliphatic carbocycles. The molecule has 4 atom stereocenters. The molecule has 3 heteroatoms. The molecule has 0 radical (unpaired) electrons. The average Bonchev–Trinajstić information content (AvgIpc) is 2.62. The predicted octanol–water partition coefficient (Wildman–Crippen LogP) is 2.59. The first-order valence-corrected chi connectivity index (χ1v) is 7.67. The van der Waals surface area contributed by atoms with E-state index in [2.05, 4.69) is 4.90 Å². The van der Waals surface area contributed by atoms with Gasteiger partial charge in [0.25, 0.3) is 0 Å². The van der Waals surface area contributed by atoms with Crippen molar-refractivity contribution in [2.75, 3.05) is 13.1 Å². The molecule has 2 saturated carbocycles. The lowest BCUT2D eigenvalue weighted by atomic mass is 9.80. The summed E-state index contributed by atoms with van der Waals surface area (Å²) in [7, 11) is 0. The van der Waals surface area contributed by atoms with Crippen LogP contribution in [0.2, 0.25) is 0 Å². The van der Waals surface area contributed by atoms with Crippen molar-refractivity contribution < 1.29 is 9.53 Å². The van der Waals surface area contributed by atoms with E-state index < -0.39 is 0 Å². The summed E-state index contributed by atoms with van der Waals surface area (Å²) in [4.78, 5) is 14.0. The summed E-state index contributed by atoms with van der Waals surface area (Å²) in [5.41, 5.74) is 0. The zero-order valence-electron chi connectivity index (χ0n) is 11.4. The second-order valence-corrected chi connectivity index (χ2v) is 6.32. The lowest BCUT2D eigenvalue weighted by molar-refractivity contribution is -0.154. The highest BCUT2D eigenvalue weighted by Crippen LogP contribution is 2.46. The molecular weight excluding hydrogens is 226 g/mol. The molecule has 3 nitrogen and oxygen atoms in total. The second-order valence-electron chi connectivity index (χ2n) is 6.32. The zero-order valence-corrected chi connectivity index (χ0v) is 11.4. The highest BCUT2D eigenvalue weighted by molar-refractivity contribution is 5.66. The Morgan fingerprint density at radius 1 is 1.06 bits per heavy atom. The maximum Gasteiger partial charge on any atom is 0.302 e. The smallest absolute Gasteiger partial charge is 0.302 e. The summed E-state index contributed by atoms with van der Waals surface area (Å²) >= 11 is 0. The third-order valence-electron chi connectivity index (χ3n) is 5.25. The summed E-state index contributed by atoms with van der Waals surface area (Å²) in [6.45, 7) is 4.08. The van der Waals surface area contributed by atoms with Crippen molar-refractivity contribution in [2.45, 2.75) is 64.0 Å². The number of ether oxygens (including phenoxy) is 1. The van der Waals surface area contributed by atoms with Gasteiger partial charge in [-0.3, -0.25) is 9.69 Å². The molecule has 0 N–H and O–H groups in total. The Labute approximate surface area is 110 Å². The van der Waals surface area contributed by atoms with Gasteiger partial charge in [-0.25, -0.2) is 0 Å². The summed E-state index contributed by atoms with van der Waals surface area (Å²) in [6, 6.07) is 0.688. The zero-order chi connectivity index (χ0) is 12.5. The van der Waals surface area contributed by atoms with Gasteiger partial charge in [-0.1, -0.05) is 6.42 Å². The number of carbonyl (C=O) groups is 1. The Hall–Kier alpha value is -0.570. The first-order valence-electron chi connectivity index (χ1n) is 7.67. The molecule has 18 heavy (non-hydrogen) atoms. The highest BCUT2D eigenvalue weighted by Gasteiger charge is 2.47. The number of likely N-dealkylation sites (tertiary alicyclic amines) is 1. The van der Waals surface area contributed by atoms with Crippen LogP contribution in [0.3, 0.4) is 0 Å². The van der Waals surface area contributed by atoms with E-state index in [0.29, 0.717) is 17.9 Å². The lowest BCUT2D eigenvalue weighted by Crippen LogP contribution is -2.49. The maximum absolute atomic E-state index is 11.3. The van der Waals surface area contributed by atoms with Crippen LogP contribution in [0.4, 0.5) is 0 Å². The van der Waals surface area contributed by atoms with Gasteiger partial charge in [-0.15, -0.1) is 0 Å². The van der Waals surface area contributed by atoms with Crippen LogP contribution in [0.15, 0.2) is 0 Å². The second kappa shape index (κ2) is 5.20. The summed E-state index contributed by atoms with van der Waals surface area (Å²) in [5.74, 6) is 1.18. The fourth-order valence-electron chi connectivity index (χ4n) is 4.48. The van der Waals surface area contributed by atoms with Crippen LogP contribution >= 0.6 is 0 Å². The fraction of sp³-hybridized carbons (Fsp3) is 0.933. The first kappa shape index (κ1) is 12.5. The van der Waals surface area contributed by atoms with Gasteiger partial charge in [0.15, 0.2) is 0 Å². The van der Waals surface area contributed by atoms with E-state index in [1.807, 2.05) is 0 Å². The molecule has 3 fully saturated rings. The lowest BCUT2D eigenvalue weighted by Gasteiger charge is -2.43. The molecule has 102 valence electrons. The minimum absolute atomic E-state index is 0.0869. The van der Waals surface area contributed by atoms with Gasteiger partial charge in [0, 0.05) is 18.9 Å². The number of carbonyl (C=O) groups excluding carboxylic acids is 1. The number of hydrogen-bond donors (Lipinski definition) is 0. The van der Waals surface area contributed by atoms with Crippen LogP contribution < -0.4 is 0 Å². The van der Waals surface area contributed by atoms with Crippen molar-refractivity contribution in [2.24, 2.45) is 11.8 Å². The molecule has 2 bridgehead atoms. The normalized spacial score (nSPS) is 40.7. The van der Waals surface area contributed by atoms with Gasteiger partial charge < -0.3 is 4.74 Å². The predicted molar refractivity (Wildman–Crippen MR) is 70.2 cm³/mol. The van der Waals surface area contributed by atoms with Crippen molar-refractivity contribution in [1.29, 1.82) is 0 Å². The molecule has 3 aliphatic rings. The van der Waals surface area contributed by atoms with Crippen molar-refractivity contribution in [3.05, 3.63) is 0 Å². The molecule has 0 aromatic heterocycles. The third-order valence-corrected chi connectivity index (χ3v) is 5.25. The fourth-order valence-corrected chi connectivity index (χ4v) is 4.48. The van der Waals surface area contributed by atoms with E-state index >= 15 is 0 Å². The minimum Gasteiger partial charge on any atom is -0.462 e. The number of nitrogens with zero attached hydrogens (tertiary/aromatic N) is 1. The first-order chi connectivity index (χ1) is 8.75. The molecular formula is C15H25NO2. The quantitative estimate of drug-likeness (QED) is 0.707. The molecule has 0 unspecified atom stereocenters. The van der Waals surface area contributed by atoms with Crippen LogP contribution in [0.1, 0.15) is 51.9 Å². The van der Waals surface area contributed by atoms with Crippen molar-refractivity contribution >= 4 is 5.97 Å². The molecule has 0 aromatic carbocycles. The monoisotopic (exact) mass is 251 g/mol. The van der Waals surface area contributed by atoms with E-state index in [9.17, 15) is 4.79 Å². The van der Waals surface area contributed by atoms with E-state index in [0.717, 1.165) is 0 Å². The molecule has 0 spiro atoms. The van der Waals surface area contributed by atoms with Crippen molar-refractivity contribution in [1.82, 2.24) is 4.90 Å². The van der Waals surface area contributed by atoms with Gasteiger partial charge >= 0.3 is 5.97 Å². The van der Waals surface area contributed by atoms with E-state index in [-0.39, 0.29) is 12.1 Å². The largest absolute Gasteiger partial charge is 0.462 e. The molecule has 0 aromatic rings. The van der Waals surface area contributed by atoms with Crippen LogP contribution in [0.5, 0.6) is 0 Å². The van der Waals surface area contributed by atoms with Gasteiger partial charge in [0.1, 0.15) is 6.10 Å². The van der Waals surface area contributed by atoms with E-state index in [4.69, 9.17) is 4.74 Å². The topological polar surface area (TPSA) is 29.5 Å². The van der Waals surface area contributed by atoms with Crippen molar-refractivity contribution in [3.63, 3.8) is 0 Å². The number of piperidine rings is 1. The van der Waals surface area contributed by atoms with Gasteiger partial charge in [0.2, 0.25) is 0 Å². The third kappa shape index (κ3) is 2.29.